The fourth-order valence-electron chi connectivity index (χ4n) is 0.807. The molecule has 0 aliphatic carbocycles. The van der Waals surface area contributed by atoms with Crippen molar-refractivity contribution in [1.29, 1.82) is 0 Å². The molecule has 0 aliphatic rings. The minimum Gasteiger partial charge on any atom is -0.378 e. The van der Waals surface area contributed by atoms with Crippen LogP contribution in [0.3, 0.4) is 0 Å². The maximum Gasteiger partial charge on any atom is 0.122 e. The molecule has 0 aromatic rings. The Balaban J connectivity index is 3.56. The molecule has 0 aliphatic heterocycles. The molecule has 62 valence electrons. The zero-order valence-corrected chi connectivity index (χ0v) is 7.35. The molecule has 0 heterocycles. The predicted molar refractivity (Wildman–Crippen MR) is 48.1 cm³/mol. The summed E-state index contributed by atoms with van der Waals surface area (Å²) in [5.41, 5.74) is 0.202. The van der Waals surface area contributed by atoms with Crippen molar-refractivity contribution in [2.75, 3.05) is 0 Å². The van der Waals surface area contributed by atoms with E-state index in [-0.39, 0.29) is 0 Å². The highest BCUT2D eigenvalue weighted by Crippen LogP contribution is 2.14. The highest BCUT2D eigenvalue weighted by Gasteiger charge is 2.14. The zero-order valence-electron chi connectivity index (χ0n) is 7.35. The lowest BCUT2D eigenvalue weighted by Gasteiger charge is -2.15. The van der Waals surface area contributed by atoms with E-state index in [4.69, 9.17) is 6.42 Å². The first-order valence-corrected chi connectivity index (χ1v) is 3.82. The van der Waals surface area contributed by atoms with Crippen LogP contribution in [0.4, 0.5) is 0 Å². The summed E-state index contributed by atoms with van der Waals surface area (Å²) in [5.74, 6) is 2.34. The Labute approximate surface area is 69.1 Å². The fourth-order valence-corrected chi connectivity index (χ4v) is 0.807. The molecule has 0 rings (SSSR count). The average Bonchev–Trinajstić information content (AvgIpc) is 1.87. The van der Waals surface area contributed by atoms with E-state index < -0.39 is 5.60 Å². The van der Waals surface area contributed by atoms with Crippen molar-refractivity contribution in [1.82, 2.24) is 0 Å². The van der Waals surface area contributed by atoms with Crippen molar-refractivity contribution in [3.8, 4) is 12.3 Å². The van der Waals surface area contributed by atoms with E-state index in [1.54, 1.807) is 6.92 Å². The van der Waals surface area contributed by atoms with Crippen LogP contribution in [0.1, 0.15) is 33.1 Å². The fraction of sp³-hybridized carbons (Fsp3) is 0.600. The van der Waals surface area contributed by atoms with Crippen LogP contribution in [0.25, 0.3) is 0 Å². The second kappa shape index (κ2) is 4.20. The van der Waals surface area contributed by atoms with Crippen LogP contribution >= 0.6 is 0 Å². The number of aliphatic hydroxyl groups is 1. The molecule has 0 amide bonds. The molecular weight excluding hydrogens is 136 g/mol. The molecule has 1 atom stereocenters. The summed E-state index contributed by atoms with van der Waals surface area (Å²) >= 11 is 0. The second-order valence-corrected chi connectivity index (χ2v) is 3.23. The van der Waals surface area contributed by atoms with Gasteiger partial charge in [-0.1, -0.05) is 11.5 Å². The van der Waals surface area contributed by atoms with Crippen molar-refractivity contribution in [3.63, 3.8) is 0 Å². The Bertz CT molecular complexity index is 172. The second-order valence-electron chi connectivity index (χ2n) is 3.23. The third-order valence-electron chi connectivity index (χ3n) is 1.58. The number of hydrogen-bond acceptors (Lipinski definition) is 1. The van der Waals surface area contributed by atoms with Crippen LogP contribution < -0.4 is 0 Å². The van der Waals surface area contributed by atoms with Gasteiger partial charge in [-0.05, 0) is 33.1 Å². The number of hydrogen-bond donors (Lipinski definition) is 1. The lowest BCUT2D eigenvalue weighted by molar-refractivity contribution is 0.110. The Hall–Kier alpha value is -0.740. The van der Waals surface area contributed by atoms with Crippen molar-refractivity contribution in [2.45, 2.75) is 38.7 Å². The summed E-state index contributed by atoms with van der Waals surface area (Å²) < 4.78 is 0. The molecule has 11 heavy (non-hydrogen) atoms. The molecule has 0 saturated carbocycles. The molecule has 0 aromatic carbocycles. The van der Waals surface area contributed by atoms with Gasteiger partial charge in [-0.3, -0.25) is 0 Å². The topological polar surface area (TPSA) is 20.2 Å². The molecule has 1 unspecified atom stereocenters. The van der Waals surface area contributed by atoms with E-state index >= 15 is 0 Å². The largest absolute Gasteiger partial charge is 0.378 e. The summed E-state index contributed by atoms with van der Waals surface area (Å²) in [4.78, 5) is 0. The zero-order chi connectivity index (χ0) is 8.91. The van der Waals surface area contributed by atoms with Gasteiger partial charge in [0.2, 0.25) is 0 Å². The van der Waals surface area contributed by atoms with Gasteiger partial charge in [0.05, 0.1) is 0 Å². The predicted octanol–water partition coefficient (Wildman–Crippen LogP) is 2.12. The Morgan fingerprint density at radius 1 is 1.73 bits per heavy atom. The summed E-state index contributed by atoms with van der Waals surface area (Å²) in [7, 11) is 0. The standard InChI is InChI=1S/C10H16O/c1-5-10(4,11)8-6-7-9(2)3/h1,11H,2,6-8H2,3-4H3. The van der Waals surface area contributed by atoms with Crippen LogP contribution in [0.5, 0.6) is 0 Å². The first-order chi connectivity index (χ1) is 4.98. The van der Waals surface area contributed by atoms with Gasteiger partial charge in [0.25, 0.3) is 0 Å². The van der Waals surface area contributed by atoms with Gasteiger partial charge < -0.3 is 5.11 Å². The smallest absolute Gasteiger partial charge is 0.122 e. The summed E-state index contributed by atoms with van der Waals surface area (Å²) in [6.45, 7) is 7.40. The van der Waals surface area contributed by atoms with Gasteiger partial charge >= 0.3 is 0 Å². The minimum atomic E-state index is -0.935. The minimum absolute atomic E-state index is 0.649. The molecule has 0 saturated heterocycles. The highest BCUT2D eigenvalue weighted by molar-refractivity contribution is 5.04. The normalized spacial score (nSPS) is 15.1. The van der Waals surface area contributed by atoms with Gasteiger partial charge in [-0.2, -0.15) is 0 Å². The number of rotatable bonds is 4. The molecule has 1 heteroatoms. The summed E-state index contributed by atoms with van der Waals surface area (Å²) in [6, 6.07) is 0. The molecule has 0 fully saturated rings. The number of terminal acetylenes is 1. The Morgan fingerprint density at radius 3 is 2.64 bits per heavy atom. The third-order valence-corrected chi connectivity index (χ3v) is 1.58. The van der Waals surface area contributed by atoms with E-state index in [1.165, 1.54) is 0 Å². The molecular formula is C10H16O. The maximum atomic E-state index is 9.37. The van der Waals surface area contributed by atoms with Crippen LogP contribution in [-0.2, 0) is 0 Å². The molecule has 0 bridgehead atoms. The third kappa shape index (κ3) is 5.69. The van der Waals surface area contributed by atoms with Crippen LogP contribution in [-0.4, -0.2) is 10.7 Å². The monoisotopic (exact) mass is 152 g/mol. The van der Waals surface area contributed by atoms with Crippen LogP contribution in [0.2, 0.25) is 0 Å². The van der Waals surface area contributed by atoms with E-state index in [1.807, 2.05) is 6.92 Å². The Kier molecular flexibility index (Phi) is 3.92. The van der Waals surface area contributed by atoms with Crippen molar-refractivity contribution in [2.24, 2.45) is 0 Å². The van der Waals surface area contributed by atoms with Gasteiger partial charge in [0.1, 0.15) is 5.60 Å². The SMILES string of the molecule is C#CC(C)(O)CCCC(=C)C. The summed E-state index contributed by atoms with van der Waals surface area (Å²) in [6.07, 6.45) is 7.60. The molecule has 0 radical (unpaired) electrons. The molecule has 1 nitrogen and oxygen atoms in total. The van der Waals surface area contributed by atoms with Crippen molar-refractivity contribution in [3.05, 3.63) is 12.2 Å². The quantitative estimate of drug-likeness (QED) is 0.483. The van der Waals surface area contributed by atoms with E-state index in [0.717, 1.165) is 18.4 Å². The van der Waals surface area contributed by atoms with E-state index in [9.17, 15) is 5.11 Å². The van der Waals surface area contributed by atoms with Crippen LogP contribution in [0.15, 0.2) is 12.2 Å². The highest BCUT2D eigenvalue weighted by atomic mass is 16.3. The van der Waals surface area contributed by atoms with E-state index in [2.05, 4.69) is 12.5 Å². The van der Waals surface area contributed by atoms with Crippen molar-refractivity contribution >= 4 is 0 Å². The van der Waals surface area contributed by atoms with E-state index in [0.29, 0.717) is 6.42 Å². The first kappa shape index (κ1) is 10.3. The molecule has 0 spiro atoms. The number of allylic oxidation sites excluding steroid dienone is 1. The summed E-state index contributed by atoms with van der Waals surface area (Å²) in [5, 5.41) is 9.37. The van der Waals surface area contributed by atoms with Gasteiger partial charge in [-0.15, -0.1) is 13.0 Å². The average molecular weight is 152 g/mol. The molecule has 1 N–H and O–H groups in total. The van der Waals surface area contributed by atoms with Gasteiger partial charge in [0.15, 0.2) is 0 Å². The molecule has 0 aromatic heterocycles. The first-order valence-electron chi connectivity index (χ1n) is 3.82. The Morgan fingerprint density at radius 2 is 2.27 bits per heavy atom. The van der Waals surface area contributed by atoms with Gasteiger partial charge in [-0.25, -0.2) is 0 Å². The lowest BCUT2D eigenvalue weighted by atomic mass is 9.99. The van der Waals surface area contributed by atoms with Crippen molar-refractivity contribution < 1.29 is 5.11 Å². The van der Waals surface area contributed by atoms with Crippen LogP contribution in [0, 0.1) is 12.3 Å². The lowest BCUT2D eigenvalue weighted by Crippen LogP contribution is -2.20. The maximum absolute atomic E-state index is 9.37. The van der Waals surface area contributed by atoms with Gasteiger partial charge in [0, 0.05) is 0 Å².